The normalized spacial score (nSPS) is 16.0. The smallest absolute Gasteiger partial charge is 0.322 e. The van der Waals surface area contributed by atoms with Crippen molar-refractivity contribution in [3.05, 3.63) is 29.8 Å². The van der Waals surface area contributed by atoms with Crippen molar-refractivity contribution in [3.63, 3.8) is 0 Å². The van der Waals surface area contributed by atoms with Crippen LogP contribution >= 0.6 is 24.0 Å². The lowest BCUT2D eigenvalue weighted by atomic mass is 9.99. The molecule has 1 aliphatic rings. The maximum atomic E-state index is 14.5. The molecule has 0 bridgehead atoms. The van der Waals surface area contributed by atoms with E-state index in [1.807, 2.05) is 0 Å². The number of nitrogens with one attached hydrogen (secondary N) is 11. The monoisotopic (exact) mass is 1600 g/mol. The van der Waals surface area contributed by atoms with E-state index in [2.05, 4.69) is 58.5 Å². The van der Waals surface area contributed by atoms with Crippen LogP contribution in [0, 0.1) is 17.8 Å². The maximum Gasteiger partial charge on any atom is 0.322 e. The van der Waals surface area contributed by atoms with Crippen molar-refractivity contribution < 1.29 is 107 Å². The molecule has 1 aromatic rings. The third-order valence-electron chi connectivity index (χ3n) is 16.3. The summed E-state index contributed by atoms with van der Waals surface area (Å²) in [5.41, 5.74) is 27.4. The highest BCUT2D eigenvalue weighted by Crippen LogP contribution is 2.21. The first kappa shape index (κ1) is 93.6. The zero-order valence-corrected chi connectivity index (χ0v) is 62.2. The van der Waals surface area contributed by atoms with E-state index < -0.39 is 243 Å². The molecule has 0 spiro atoms. The van der Waals surface area contributed by atoms with Crippen LogP contribution in [-0.4, -0.2) is 236 Å². The van der Waals surface area contributed by atoms with E-state index in [-0.39, 0.29) is 93.2 Å². The zero-order valence-electron chi connectivity index (χ0n) is 59.9. The molecule has 105 heavy (non-hydrogen) atoms. The second-order valence-corrected chi connectivity index (χ2v) is 26.6. The summed E-state index contributed by atoms with van der Waals surface area (Å²) in [7, 11) is 0. The average Bonchev–Trinajstić information content (AvgIpc) is 1.71. The van der Waals surface area contributed by atoms with Gasteiger partial charge in [0.15, 0.2) is 0 Å². The molecule has 1 heterocycles. The van der Waals surface area contributed by atoms with E-state index in [0.717, 1.165) is 11.8 Å². The summed E-state index contributed by atoms with van der Waals surface area (Å²) in [5.74, 6) is -19.6. The third-order valence-corrected chi connectivity index (χ3v) is 16.3. The minimum absolute atomic E-state index is 0. The van der Waals surface area contributed by atoms with Gasteiger partial charge in [-0.15, -0.1) is 24.0 Å². The van der Waals surface area contributed by atoms with Gasteiger partial charge in [-0.3, -0.25) is 81.5 Å². The Morgan fingerprint density at radius 2 is 0.933 bits per heavy atom. The van der Waals surface area contributed by atoms with E-state index in [9.17, 15) is 102 Å². The fraction of sp³-hybridized carbons (Fsp3) is 0.646. The number of primary amides is 3. The van der Waals surface area contributed by atoms with E-state index in [4.69, 9.17) is 33.8 Å². The molecular weight excluding hydrogens is 1490 g/mol. The van der Waals surface area contributed by atoms with Crippen molar-refractivity contribution in [2.45, 2.75) is 223 Å². The largest absolute Gasteiger partial charge is 0.508 e. The molecule has 0 aromatic heterocycles. The van der Waals surface area contributed by atoms with Gasteiger partial charge in [0.25, 0.3) is 0 Å². The van der Waals surface area contributed by atoms with Gasteiger partial charge in [0.05, 0.1) is 25.2 Å². The first-order valence-corrected chi connectivity index (χ1v) is 34.1. The van der Waals surface area contributed by atoms with E-state index in [1.54, 1.807) is 27.7 Å². The molecule has 0 aliphatic carbocycles. The third kappa shape index (κ3) is 34.4. The van der Waals surface area contributed by atoms with Crippen LogP contribution in [0.4, 0.5) is 0 Å². The number of unbranched alkanes of at least 4 members (excludes halogenated alkanes) is 1. The fourth-order valence-corrected chi connectivity index (χ4v) is 10.8. The number of rotatable bonds is 48. The Morgan fingerprint density at radius 3 is 1.38 bits per heavy atom. The van der Waals surface area contributed by atoms with Gasteiger partial charge in [0.1, 0.15) is 78.8 Å². The van der Waals surface area contributed by atoms with Gasteiger partial charge in [-0.1, -0.05) is 53.7 Å². The van der Waals surface area contributed by atoms with Gasteiger partial charge >= 0.3 is 11.9 Å². The number of likely N-dealkylation sites (tertiary alicyclic amines) is 1. The number of carbonyl (C=O) groups is 17. The van der Waals surface area contributed by atoms with Gasteiger partial charge < -0.3 is 118 Å². The molecule has 13 atom stereocenters. The van der Waals surface area contributed by atoms with Gasteiger partial charge in [0, 0.05) is 32.2 Å². The number of aliphatic carboxylic acids is 2. The molecule has 0 saturated carbocycles. The minimum Gasteiger partial charge on any atom is -0.508 e. The summed E-state index contributed by atoms with van der Waals surface area (Å²) in [4.78, 5) is 227. The second-order valence-electron chi connectivity index (χ2n) is 26.6. The molecule has 26 N–H and O–H groups in total. The second kappa shape index (κ2) is 47.1. The Balaban J connectivity index is 0.0000551. The van der Waals surface area contributed by atoms with Crippen LogP contribution < -0.4 is 87.2 Å². The van der Waals surface area contributed by atoms with E-state index in [1.165, 1.54) is 38.1 Å². The molecule has 590 valence electrons. The summed E-state index contributed by atoms with van der Waals surface area (Å²) in [6.45, 7) is 9.31. The summed E-state index contributed by atoms with van der Waals surface area (Å²) in [6.07, 6.45) is -5.27. The van der Waals surface area contributed by atoms with Crippen molar-refractivity contribution in [1.29, 1.82) is 0 Å². The van der Waals surface area contributed by atoms with Crippen LogP contribution in [0.5, 0.6) is 5.75 Å². The number of nitrogens with zero attached hydrogens (tertiary/aromatic N) is 1. The predicted molar refractivity (Wildman–Crippen MR) is 383 cm³/mol. The Bertz CT molecular complexity index is 3180. The number of phenols is 1. The van der Waals surface area contributed by atoms with Crippen LogP contribution in [0.15, 0.2) is 24.3 Å². The molecule has 0 unspecified atom stereocenters. The standard InChI is InChI=1S/C65H105N17O22.HI/c1-31(2)25-42(59(98)73-38(11-8-9-23-66)55(94)71-29-51(91)92)76-60(99)43(26-32(3)4)78-64(103)53(34(7)84)81-61(100)44(27-35-13-15-36(85)16-14-35)77-62(101)46-12-10-24-82(46)65(104)45(30-83)79-63(102)52(33(5)6)80-58(97)40(18-21-48(69)87)74-57(96)41(19-22-50(89)90)75-56(95)39(17-20-47(68)86)72-54(93)37(67)28-49(70)88;/h13-16,31-34,37-46,52-53,83-85H,8-12,17-30,66-67H2,1-7H3,(H2,68,86)(H2,69,87)(H2,70,88)(H,71,94)(H,72,93)(H,73,98)(H,74,96)(H,75,95)(H,76,99)(H,77,101)(H,78,103)(H,79,102)(H,80,97)(H,81,100)(H,89,90)(H,91,92);1H/t34-,37+,38+,39+,40+,41+,42+,43+,44+,45+,46+,52+,53+;/m1./s1/i;1-4. The number of amides is 15. The van der Waals surface area contributed by atoms with Gasteiger partial charge in [0.2, 0.25) is 88.6 Å². The molecular formula is C65H106IN17O22. The molecule has 0 radical (unpaired) electrons. The van der Waals surface area contributed by atoms with Crippen LogP contribution in [0.1, 0.15) is 144 Å². The zero-order chi connectivity index (χ0) is 78.8. The quantitative estimate of drug-likeness (QED) is 0.0213. The number of hydrogen-bond acceptors (Lipinski definition) is 22. The number of aromatic hydroxyl groups is 1. The van der Waals surface area contributed by atoms with Gasteiger partial charge in [-0.25, -0.2) is 0 Å². The lowest BCUT2D eigenvalue weighted by Gasteiger charge is -2.31. The molecule has 39 nitrogen and oxygen atoms in total. The highest BCUT2D eigenvalue weighted by Gasteiger charge is 2.42. The van der Waals surface area contributed by atoms with Crippen molar-refractivity contribution >= 4 is 125 Å². The van der Waals surface area contributed by atoms with Crippen molar-refractivity contribution in [2.24, 2.45) is 46.4 Å². The number of carboxylic acids is 2. The van der Waals surface area contributed by atoms with Crippen LogP contribution in [0.25, 0.3) is 0 Å². The van der Waals surface area contributed by atoms with Gasteiger partial charge in [-0.05, 0) is 113 Å². The lowest BCUT2D eigenvalue weighted by Crippen LogP contribution is -2.62. The van der Waals surface area contributed by atoms with Crippen molar-refractivity contribution in [3.8, 4) is 5.75 Å². The topological polar surface area (TPSA) is 657 Å². The number of aliphatic hydroxyl groups excluding tert-OH is 2. The maximum absolute atomic E-state index is 14.5. The molecule has 40 heteroatoms. The number of phenolic OH excluding ortho intramolecular Hbond substituents is 1. The number of benzene rings is 1. The average molecular weight is 1600 g/mol. The number of hydrogen-bond donors (Lipinski definition) is 21. The molecule has 1 fully saturated rings. The number of halogens is 1. The number of nitrogens with two attached hydrogens (primary N) is 5. The molecule has 2 rings (SSSR count). The minimum atomic E-state index is -1.84. The summed E-state index contributed by atoms with van der Waals surface area (Å²) in [5, 5.41) is 77.1. The first-order valence-electron chi connectivity index (χ1n) is 34.1. The molecule has 15 amide bonds. The lowest BCUT2D eigenvalue weighted by molar-refractivity contribution is -0.143. The van der Waals surface area contributed by atoms with E-state index >= 15 is 0 Å². The van der Waals surface area contributed by atoms with Gasteiger partial charge in [-0.2, -0.15) is 0 Å². The summed E-state index contributed by atoms with van der Waals surface area (Å²) >= 11 is 0. The molecule has 1 saturated heterocycles. The Kier molecular flexibility index (Phi) is 42.0. The Labute approximate surface area is 623 Å². The fourth-order valence-electron chi connectivity index (χ4n) is 10.8. The highest BCUT2D eigenvalue weighted by molar-refractivity contribution is 14.0. The SMILES string of the molecule is CC(C)C[C@H](NC(=O)[C@H](CC(C)C)NC(=O)[C@@H](NC(=O)[C@H](Cc1ccc(O)cc1)NC(=O)[C@@H]1CCCN1C(=O)[C@H](CO)NC(=O)[C@@H](NC(=O)[C@H](CCC(N)=O)NC(=O)[C@H](CCC(=O)O)NC(=O)[C@H](CCC(N)=O)NC(=O)[C@@H](N)CC(N)=O)C(C)C)[C@@H](C)O)C(=O)N[C@@H](CCCCN)C(=O)NCC(=O)O.[123IH]. The van der Waals surface area contributed by atoms with Crippen molar-refractivity contribution in [1.82, 2.24) is 63.4 Å². The van der Waals surface area contributed by atoms with Crippen LogP contribution in [-0.2, 0) is 87.9 Å². The number of carbonyl (C=O) groups excluding carboxylic acids is 15. The predicted octanol–water partition coefficient (Wildman–Crippen LogP) is -6.56. The van der Waals surface area contributed by atoms with Crippen LogP contribution in [0.3, 0.4) is 0 Å². The number of aliphatic hydroxyl groups is 2. The van der Waals surface area contributed by atoms with Crippen molar-refractivity contribution in [2.75, 3.05) is 26.2 Å². The Morgan fingerprint density at radius 1 is 0.505 bits per heavy atom. The molecule has 1 aromatic carbocycles. The summed E-state index contributed by atoms with van der Waals surface area (Å²) < 4.78 is 0. The summed E-state index contributed by atoms with van der Waals surface area (Å²) in [6, 6.07) is -13.7. The first-order chi connectivity index (χ1) is 48.7. The van der Waals surface area contributed by atoms with E-state index in [0.29, 0.717) is 18.4 Å². The van der Waals surface area contributed by atoms with Crippen LogP contribution in [0.2, 0.25) is 0 Å². The highest BCUT2D eigenvalue weighted by atomic mass is 123. The molecule has 1 aliphatic heterocycles. The Hall–Kier alpha value is -9.42. The number of carboxylic acid groups (broad SMARTS) is 2.